The lowest BCUT2D eigenvalue weighted by Crippen LogP contribution is -2.35. The van der Waals surface area contributed by atoms with Gasteiger partial charge < -0.3 is 10.6 Å². The fourth-order valence-electron chi connectivity index (χ4n) is 2.82. The molecule has 25 heavy (non-hydrogen) atoms. The molecular weight excluding hydrogens is 332 g/mol. The van der Waals surface area contributed by atoms with Crippen LogP contribution in [0.2, 0.25) is 0 Å². The second kappa shape index (κ2) is 7.53. The van der Waals surface area contributed by atoms with Crippen molar-refractivity contribution in [2.75, 3.05) is 11.9 Å². The zero-order valence-electron chi connectivity index (χ0n) is 14.6. The lowest BCUT2D eigenvalue weighted by molar-refractivity contribution is 0.250. The molecule has 5 nitrogen and oxygen atoms in total. The zero-order chi connectivity index (χ0) is 17.8. The number of carbonyl (C=O) groups is 1. The summed E-state index contributed by atoms with van der Waals surface area (Å²) in [6, 6.07) is 13.6. The van der Waals surface area contributed by atoms with Crippen molar-refractivity contribution in [3.8, 4) is 0 Å². The molecule has 0 fully saturated rings. The molecule has 0 aliphatic carbocycles. The van der Waals surface area contributed by atoms with E-state index in [2.05, 4.69) is 21.8 Å². The van der Waals surface area contributed by atoms with E-state index >= 15 is 0 Å². The van der Waals surface area contributed by atoms with Gasteiger partial charge in [-0.3, -0.25) is 4.68 Å². The number of para-hydroxylation sites is 1. The average Bonchev–Trinajstić information content (AvgIpc) is 3.20. The van der Waals surface area contributed by atoms with Gasteiger partial charge in [-0.25, -0.2) is 4.79 Å². The number of aromatic nitrogens is 2. The number of anilines is 1. The van der Waals surface area contributed by atoms with E-state index in [9.17, 15) is 4.79 Å². The summed E-state index contributed by atoms with van der Waals surface area (Å²) in [6.07, 6.45) is 0. The number of nitrogens with one attached hydrogen (secondary N) is 2. The first-order chi connectivity index (χ1) is 12.0. The molecule has 130 valence electrons. The van der Waals surface area contributed by atoms with Gasteiger partial charge in [-0.2, -0.15) is 5.10 Å². The van der Waals surface area contributed by atoms with Crippen LogP contribution in [0.5, 0.6) is 0 Å². The van der Waals surface area contributed by atoms with E-state index in [0.717, 1.165) is 22.6 Å². The molecule has 0 bridgehead atoms. The first kappa shape index (κ1) is 17.2. The first-order valence-electron chi connectivity index (χ1n) is 8.21. The SMILES string of the molecule is Cc1cc(C)n(C(CNC(=O)Nc2ccccc2C)c2cccs2)n1. The van der Waals surface area contributed by atoms with Crippen LogP contribution >= 0.6 is 11.3 Å². The summed E-state index contributed by atoms with van der Waals surface area (Å²) in [5.41, 5.74) is 3.91. The number of benzene rings is 1. The van der Waals surface area contributed by atoms with Gasteiger partial charge in [0, 0.05) is 22.8 Å². The van der Waals surface area contributed by atoms with Gasteiger partial charge >= 0.3 is 6.03 Å². The minimum Gasteiger partial charge on any atom is -0.335 e. The second-order valence-electron chi connectivity index (χ2n) is 6.05. The number of amides is 2. The lowest BCUT2D eigenvalue weighted by Gasteiger charge is -2.19. The average molecular weight is 354 g/mol. The van der Waals surface area contributed by atoms with E-state index in [1.807, 2.05) is 67.2 Å². The second-order valence-corrected chi connectivity index (χ2v) is 7.03. The Hall–Kier alpha value is -2.60. The lowest BCUT2D eigenvalue weighted by atomic mass is 10.2. The van der Waals surface area contributed by atoms with Crippen LogP contribution in [0, 0.1) is 20.8 Å². The Labute approximate surface area is 151 Å². The highest BCUT2D eigenvalue weighted by atomic mass is 32.1. The number of nitrogens with zero attached hydrogens (tertiary/aromatic N) is 2. The Morgan fingerprint density at radius 2 is 2.00 bits per heavy atom. The number of hydrogen-bond acceptors (Lipinski definition) is 3. The van der Waals surface area contributed by atoms with Gasteiger partial charge in [-0.1, -0.05) is 24.3 Å². The van der Waals surface area contributed by atoms with Crippen LogP contribution < -0.4 is 10.6 Å². The van der Waals surface area contributed by atoms with Crippen molar-refractivity contribution in [2.45, 2.75) is 26.8 Å². The Kier molecular flexibility index (Phi) is 5.19. The van der Waals surface area contributed by atoms with Crippen molar-refractivity contribution in [1.29, 1.82) is 0 Å². The number of thiophene rings is 1. The van der Waals surface area contributed by atoms with E-state index in [-0.39, 0.29) is 12.1 Å². The number of hydrogen-bond donors (Lipinski definition) is 2. The van der Waals surface area contributed by atoms with E-state index in [1.165, 1.54) is 4.88 Å². The van der Waals surface area contributed by atoms with Crippen molar-refractivity contribution in [2.24, 2.45) is 0 Å². The molecule has 0 saturated heterocycles. The number of aryl methyl sites for hydroxylation is 3. The van der Waals surface area contributed by atoms with E-state index in [4.69, 9.17) is 0 Å². The fraction of sp³-hybridized carbons (Fsp3) is 0.263. The Morgan fingerprint density at radius 1 is 1.20 bits per heavy atom. The summed E-state index contributed by atoms with van der Waals surface area (Å²) < 4.78 is 1.98. The van der Waals surface area contributed by atoms with Gasteiger partial charge in [-0.05, 0) is 49.9 Å². The molecule has 6 heteroatoms. The highest BCUT2D eigenvalue weighted by molar-refractivity contribution is 7.10. The standard InChI is InChI=1S/C19H22N4OS/c1-13-7-4-5-8-16(13)21-19(24)20-12-17(18-9-6-10-25-18)23-15(3)11-14(2)22-23/h4-11,17H,12H2,1-3H3,(H2,20,21,24). The molecular formula is C19H22N4OS. The van der Waals surface area contributed by atoms with Crippen LogP contribution in [0.15, 0.2) is 47.8 Å². The van der Waals surface area contributed by atoms with Crippen molar-refractivity contribution >= 4 is 23.1 Å². The molecule has 1 aromatic carbocycles. The van der Waals surface area contributed by atoms with E-state index < -0.39 is 0 Å². The summed E-state index contributed by atoms with van der Waals surface area (Å²) >= 11 is 1.67. The van der Waals surface area contributed by atoms with Crippen LogP contribution in [-0.2, 0) is 0 Å². The summed E-state index contributed by atoms with van der Waals surface area (Å²) in [4.78, 5) is 13.5. The topological polar surface area (TPSA) is 59.0 Å². The third-order valence-corrected chi connectivity index (χ3v) is 5.03. The Balaban J connectivity index is 1.72. The molecule has 0 aliphatic heterocycles. The largest absolute Gasteiger partial charge is 0.335 e. The van der Waals surface area contributed by atoms with Gasteiger partial charge in [-0.15, -0.1) is 11.3 Å². The molecule has 3 rings (SSSR count). The maximum Gasteiger partial charge on any atom is 0.319 e. The van der Waals surface area contributed by atoms with Gasteiger partial charge in [0.25, 0.3) is 0 Å². The molecule has 0 spiro atoms. The predicted octanol–water partition coefficient (Wildman–Crippen LogP) is 4.28. The third kappa shape index (κ3) is 4.09. The smallest absolute Gasteiger partial charge is 0.319 e. The van der Waals surface area contributed by atoms with Crippen LogP contribution in [0.25, 0.3) is 0 Å². The summed E-state index contributed by atoms with van der Waals surface area (Å²) in [6.45, 7) is 6.46. The molecule has 2 N–H and O–H groups in total. The minimum absolute atomic E-state index is 0.0173. The molecule has 2 heterocycles. The van der Waals surface area contributed by atoms with Gasteiger partial charge in [0.15, 0.2) is 0 Å². The molecule has 1 atom stereocenters. The Morgan fingerprint density at radius 3 is 2.64 bits per heavy atom. The highest BCUT2D eigenvalue weighted by Crippen LogP contribution is 2.24. The molecule has 3 aromatic rings. The highest BCUT2D eigenvalue weighted by Gasteiger charge is 2.19. The number of urea groups is 1. The summed E-state index contributed by atoms with van der Waals surface area (Å²) in [5.74, 6) is 0. The predicted molar refractivity (Wildman–Crippen MR) is 102 cm³/mol. The van der Waals surface area contributed by atoms with Crippen LogP contribution in [-0.4, -0.2) is 22.4 Å². The molecule has 0 radical (unpaired) electrons. The number of rotatable bonds is 5. The van der Waals surface area contributed by atoms with E-state index in [1.54, 1.807) is 11.3 Å². The van der Waals surface area contributed by atoms with Crippen molar-refractivity contribution < 1.29 is 4.79 Å². The summed E-state index contributed by atoms with van der Waals surface area (Å²) in [7, 11) is 0. The van der Waals surface area contributed by atoms with Crippen molar-refractivity contribution in [3.05, 3.63) is 69.7 Å². The third-order valence-electron chi connectivity index (χ3n) is 4.06. The quantitative estimate of drug-likeness (QED) is 0.718. The molecule has 1 unspecified atom stereocenters. The van der Waals surface area contributed by atoms with Crippen LogP contribution in [0.1, 0.15) is 27.9 Å². The molecule has 0 saturated carbocycles. The monoisotopic (exact) mass is 354 g/mol. The maximum atomic E-state index is 12.3. The summed E-state index contributed by atoms with van der Waals surface area (Å²) in [5, 5.41) is 12.5. The molecule has 0 aliphatic rings. The minimum atomic E-state index is -0.211. The normalized spacial score (nSPS) is 12.0. The fourth-order valence-corrected chi connectivity index (χ4v) is 3.63. The zero-order valence-corrected chi connectivity index (χ0v) is 15.4. The first-order valence-corrected chi connectivity index (χ1v) is 9.09. The number of carbonyl (C=O) groups excluding carboxylic acids is 1. The van der Waals surface area contributed by atoms with Crippen LogP contribution in [0.4, 0.5) is 10.5 Å². The maximum absolute atomic E-state index is 12.3. The van der Waals surface area contributed by atoms with Crippen molar-refractivity contribution in [3.63, 3.8) is 0 Å². The van der Waals surface area contributed by atoms with E-state index in [0.29, 0.717) is 6.54 Å². The van der Waals surface area contributed by atoms with Gasteiger partial charge in [0.2, 0.25) is 0 Å². The van der Waals surface area contributed by atoms with Gasteiger partial charge in [0.1, 0.15) is 6.04 Å². The van der Waals surface area contributed by atoms with Crippen LogP contribution in [0.3, 0.4) is 0 Å². The Bertz CT molecular complexity index is 854. The van der Waals surface area contributed by atoms with Gasteiger partial charge in [0.05, 0.1) is 5.69 Å². The molecule has 2 aromatic heterocycles. The molecule has 2 amide bonds. The van der Waals surface area contributed by atoms with Crippen molar-refractivity contribution in [1.82, 2.24) is 15.1 Å².